The molecule has 1 N–H and O–H groups in total. The first kappa shape index (κ1) is 31.3. The molecular formula is C30H48N4O4. The molecule has 1 saturated heterocycles. The molecule has 0 radical (unpaired) electrons. The number of hydrogen-bond acceptors (Lipinski definition) is 4. The molecule has 0 aromatic heterocycles. The van der Waals surface area contributed by atoms with Crippen molar-refractivity contribution in [2.24, 2.45) is 11.8 Å². The third-order valence-corrected chi connectivity index (χ3v) is 8.08. The number of benzene rings is 1. The molecule has 1 aliphatic heterocycles. The summed E-state index contributed by atoms with van der Waals surface area (Å²) < 4.78 is 0. The molecule has 1 heterocycles. The Morgan fingerprint density at radius 3 is 2.16 bits per heavy atom. The molecule has 8 heteroatoms. The Kier molecular flexibility index (Phi) is 11.8. The molecule has 1 fully saturated rings. The average molecular weight is 529 g/mol. The number of rotatable bonds is 12. The summed E-state index contributed by atoms with van der Waals surface area (Å²) in [6.07, 6.45) is 3.75. The molecule has 0 aliphatic carbocycles. The fourth-order valence-electron chi connectivity index (χ4n) is 5.41. The van der Waals surface area contributed by atoms with E-state index in [1.54, 1.807) is 16.8 Å². The van der Waals surface area contributed by atoms with Crippen LogP contribution in [0.4, 0.5) is 0 Å². The van der Waals surface area contributed by atoms with Gasteiger partial charge in [0.25, 0.3) is 0 Å². The molecular weight excluding hydrogens is 480 g/mol. The number of likely N-dealkylation sites (tertiary alicyclic amines) is 1. The highest BCUT2D eigenvalue weighted by Gasteiger charge is 2.36. The summed E-state index contributed by atoms with van der Waals surface area (Å²) in [5.74, 6) is -0.860. The Morgan fingerprint density at radius 1 is 1.03 bits per heavy atom. The van der Waals surface area contributed by atoms with Gasteiger partial charge in [-0.2, -0.15) is 0 Å². The first-order chi connectivity index (χ1) is 17.9. The lowest BCUT2D eigenvalue weighted by Crippen LogP contribution is -2.53. The smallest absolute Gasteiger partial charge is 0.242 e. The second-order valence-corrected chi connectivity index (χ2v) is 11.4. The van der Waals surface area contributed by atoms with E-state index >= 15 is 0 Å². The van der Waals surface area contributed by atoms with Gasteiger partial charge in [-0.25, -0.2) is 0 Å². The van der Waals surface area contributed by atoms with Crippen LogP contribution in [0.25, 0.3) is 0 Å². The summed E-state index contributed by atoms with van der Waals surface area (Å²) in [4.78, 5) is 56.6. The van der Waals surface area contributed by atoms with E-state index in [1.807, 2.05) is 56.0 Å². The Hall–Kier alpha value is -2.90. The minimum absolute atomic E-state index is 0.0179. The van der Waals surface area contributed by atoms with Crippen molar-refractivity contribution in [3.63, 3.8) is 0 Å². The molecule has 0 spiro atoms. The molecule has 0 bridgehead atoms. The van der Waals surface area contributed by atoms with Crippen molar-refractivity contribution in [3.05, 3.63) is 35.9 Å². The molecule has 212 valence electrons. The van der Waals surface area contributed by atoms with Crippen LogP contribution in [-0.2, 0) is 24.6 Å². The largest absolute Gasteiger partial charge is 0.347 e. The van der Waals surface area contributed by atoms with Crippen molar-refractivity contribution < 1.29 is 19.2 Å². The van der Waals surface area contributed by atoms with E-state index in [1.165, 1.54) is 6.92 Å². The molecule has 8 nitrogen and oxygen atoms in total. The van der Waals surface area contributed by atoms with E-state index in [2.05, 4.69) is 19.2 Å². The van der Waals surface area contributed by atoms with Gasteiger partial charge in [0.2, 0.25) is 23.6 Å². The highest BCUT2D eigenvalue weighted by Crippen LogP contribution is 2.33. The second-order valence-electron chi connectivity index (χ2n) is 11.4. The lowest BCUT2D eigenvalue weighted by molar-refractivity contribution is -0.142. The number of likely N-dealkylation sites (N-methyl/N-ethyl adjacent to an activating group) is 1. The summed E-state index contributed by atoms with van der Waals surface area (Å²) in [5.41, 5.74) is 0.687. The Bertz CT molecular complexity index is 941. The molecule has 1 aromatic rings. The fourth-order valence-corrected chi connectivity index (χ4v) is 5.41. The van der Waals surface area contributed by atoms with Gasteiger partial charge < -0.3 is 20.0 Å². The van der Waals surface area contributed by atoms with Crippen molar-refractivity contribution in [1.82, 2.24) is 20.0 Å². The van der Waals surface area contributed by atoms with Crippen LogP contribution in [0.5, 0.6) is 0 Å². The normalized spacial score (nSPS) is 15.5. The zero-order valence-corrected chi connectivity index (χ0v) is 24.5. The van der Waals surface area contributed by atoms with E-state index in [4.69, 9.17) is 0 Å². The summed E-state index contributed by atoms with van der Waals surface area (Å²) >= 11 is 0. The van der Waals surface area contributed by atoms with E-state index < -0.39 is 5.41 Å². The summed E-state index contributed by atoms with van der Waals surface area (Å²) in [5, 5.41) is 2.86. The first-order valence-corrected chi connectivity index (χ1v) is 14.0. The molecule has 0 saturated carbocycles. The summed E-state index contributed by atoms with van der Waals surface area (Å²) in [7, 11) is 1.70. The van der Waals surface area contributed by atoms with Gasteiger partial charge >= 0.3 is 0 Å². The Morgan fingerprint density at radius 2 is 1.63 bits per heavy atom. The minimum atomic E-state index is -0.390. The van der Waals surface area contributed by atoms with Crippen LogP contribution < -0.4 is 5.32 Å². The molecule has 4 amide bonds. The van der Waals surface area contributed by atoms with Gasteiger partial charge in [0.1, 0.15) is 0 Å². The van der Waals surface area contributed by atoms with E-state index in [-0.39, 0.29) is 61.1 Å². The van der Waals surface area contributed by atoms with Crippen LogP contribution in [0.15, 0.2) is 30.3 Å². The van der Waals surface area contributed by atoms with Gasteiger partial charge in [0.15, 0.2) is 0 Å². The van der Waals surface area contributed by atoms with Crippen molar-refractivity contribution in [3.8, 4) is 0 Å². The van der Waals surface area contributed by atoms with Crippen molar-refractivity contribution >= 4 is 23.6 Å². The zero-order chi connectivity index (χ0) is 28.5. The molecule has 2 atom stereocenters. The molecule has 1 aliphatic rings. The van der Waals surface area contributed by atoms with Crippen LogP contribution in [0, 0.1) is 11.8 Å². The molecule has 1 aromatic carbocycles. The van der Waals surface area contributed by atoms with Gasteiger partial charge in [0, 0.05) is 44.9 Å². The van der Waals surface area contributed by atoms with Crippen molar-refractivity contribution in [2.75, 3.05) is 39.8 Å². The minimum Gasteiger partial charge on any atom is -0.347 e. The lowest BCUT2D eigenvalue weighted by Gasteiger charge is -2.37. The quantitative estimate of drug-likeness (QED) is 0.450. The van der Waals surface area contributed by atoms with E-state index in [9.17, 15) is 19.2 Å². The number of carbonyl (C=O) groups excluding carboxylic acids is 4. The number of carbonyl (C=O) groups is 4. The monoisotopic (exact) mass is 528 g/mol. The van der Waals surface area contributed by atoms with Crippen LogP contribution in [0.1, 0.15) is 72.8 Å². The maximum atomic E-state index is 13.2. The SMILES string of the molecule is CC[C@H](C(=O)NCC(=O)N(C)[C@H](CN(CC(=O)N1CCCCC1)C(C)=O)C(C)C)C(C)(C)c1ccccc1. The standard InChI is InChI=1S/C30H48N4O4/c1-8-25(30(5,6)24-15-11-9-12-16-24)29(38)31-19-27(36)32(7)26(22(2)3)20-34(23(4)35)21-28(37)33-17-13-10-14-18-33/h9,11-12,15-16,22,25-26H,8,10,13-14,17-21H2,1-7H3,(H,31,38)/t25-,26-/m1/s1. The van der Waals surface area contributed by atoms with Gasteiger partial charge in [-0.15, -0.1) is 0 Å². The Balaban J connectivity index is 2.03. The van der Waals surface area contributed by atoms with Gasteiger partial charge in [-0.1, -0.05) is 65.0 Å². The van der Waals surface area contributed by atoms with E-state index in [0.717, 1.165) is 37.9 Å². The molecule has 38 heavy (non-hydrogen) atoms. The van der Waals surface area contributed by atoms with Crippen molar-refractivity contribution in [1.29, 1.82) is 0 Å². The van der Waals surface area contributed by atoms with Gasteiger partial charge in [-0.3, -0.25) is 19.2 Å². The Labute approximate surface area is 229 Å². The highest BCUT2D eigenvalue weighted by atomic mass is 16.2. The maximum Gasteiger partial charge on any atom is 0.242 e. The maximum absolute atomic E-state index is 13.2. The van der Waals surface area contributed by atoms with Crippen LogP contribution in [-0.4, -0.2) is 84.1 Å². The van der Waals surface area contributed by atoms with E-state index in [0.29, 0.717) is 6.42 Å². The number of nitrogens with one attached hydrogen (secondary N) is 1. The predicted octanol–water partition coefficient (Wildman–Crippen LogP) is 3.45. The number of nitrogens with zero attached hydrogens (tertiary/aromatic N) is 3. The zero-order valence-electron chi connectivity index (χ0n) is 24.5. The predicted molar refractivity (Wildman–Crippen MR) is 150 cm³/mol. The average Bonchev–Trinajstić information content (AvgIpc) is 2.89. The molecule has 0 unspecified atom stereocenters. The van der Waals surface area contributed by atoms with Gasteiger partial charge in [-0.05, 0) is 37.2 Å². The number of amides is 4. The number of piperidine rings is 1. The second kappa shape index (κ2) is 14.3. The topological polar surface area (TPSA) is 90.0 Å². The van der Waals surface area contributed by atoms with Crippen molar-refractivity contribution in [2.45, 2.75) is 78.7 Å². The number of hydrogen-bond donors (Lipinski definition) is 1. The lowest BCUT2D eigenvalue weighted by atomic mass is 9.71. The first-order valence-electron chi connectivity index (χ1n) is 14.0. The highest BCUT2D eigenvalue weighted by molar-refractivity contribution is 5.87. The summed E-state index contributed by atoms with van der Waals surface area (Å²) in [6, 6.07) is 9.66. The van der Waals surface area contributed by atoms with Crippen LogP contribution in [0.3, 0.4) is 0 Å². The van der Waals surface area contributed by atoms with Crippen LogP contribution >= 0.6 is 0 Å². The summed E-state index contributed by atoms with van der Waals surface area (Å²) in [6.45, 7) is 13.2. The third kappa shape index (κ3) is 8.30. The fraction of sp³-hybridized carbons (Fsp3) is 0.667. The molecule has 2 rings (SSSR count). The van der Waals surface area contributed by atoms with Gasteiger partial charge in [0.05, 0.1) is 19.1 Å². The third-order valence-electron chi connectivity index (χ3n) is 8.08. The van der Waals surface area contributed by atoms with Crippen LogP contribution in [0.2, 0.25) is 0 Å².